The van der Waals surface area contributed by atoms with Crippen LogP contribution in [0.25, 0.3) is 10.6 Å². The molecule has 2 fully saturated rings. The summed E-state index contributed by atoms with van der Waals surface area (Å²) < 4.78 is 16.7. The predicted octanol–water partition coefficient (Wildman–Crippen LogP) is 4.42. The van der Waals surface area contributed by atoms with E-state index in [0.717, 1.165) is 30.0 Å². The molecule has 138 valence electrons. The van der Waals surface area contributed by atoms with Gasteiger partial charge in [-0.05, 0) is 43.7 Å². The van der Waals surface area contributed by atoms with E-state index >= 15 is 0 Å². The third-order valence-electron chi connectivity index (χ3n) is 5.12. The number of hydrogen-bond donors (Lipinski definition) is 0. The molecule has 1 saturated heterocycles. The van der Waals surface area contributed by atoms with E-state index in [4.69, 9.17) is 14.2 Å². The number of nitrogens with zero attached hydrogens (tertiary/aromatic N) is 1. The minimum absolute atomic E-state index is 0.0791. The first kappa shape index (κ1) is 17.5. The normalized spacial score (nSPS) is 20.0. The van der Waals surface area contributed by atoms with Crippen molar-refractivity contribution >= 4 is 17.3 Å². The van der Waals surface area contributed by atoms with Gasteiger partial charge in [-0.2, -0.15) is 0 Å². The number of ether oxygens (including phenoxy) is 3. The molecule has 0 radical (unpaired) electrons. The molecular weight excluding hydrogens is 350 g/mol. The lowest BCUT2D eigenvalue weighted by atomic mass is 9.85. The second-order valence-corrected chi connectivity index (χ2v) is 7.88. The molecule has 0 unspecified atom stereocenters. The summed E-state index contributed by atoms with van der Waals surface area (Å²) >= 11 is 1.70. The summed E-state index contributed by atoms with van der Waals surface area (Å²) in [4.78, 5) is 18.2. The lowest BCUT2D eigenvalue weighted by Crippen LogP contribution is -2.18. The SMILES string of the molecule is COC(=O)c1cccc(-c2ncc(C3CCC3)s2)c1OC[C@@H]1CCCO1. The standard InChI is InChI=1S/C20H23NO4S/c1-23-20(22)16-9-3-8-15(18(16)25-12-14-7-4-10-24-14)19-21-11-17(26-19)13-5-2-6-13/h3,8-9,11,13-14H,2,4-7,10,12H2,1H3/t14-/m0/s1. The van der Waals surface area contributed by atoms with Gasteiger partial charge in [0, 0.05) is 17.7 Å². The van der Waals surface area contributed by atoms with Gasteiger partial charge in [-0.3, -0.25) is 0 Å². The van der Waals surface area contributed by atoms with Gasteiger partial charge in [-0.15, -0.1) is 11.3 Å². The highest BCUT2D eigenvalue weighted by atomic mass is 32.1. The maximum Gasteiger partial charge on any atom is 0.341 e. The zero-order valence-electron chi connectivity index (χ0n) is 14.9. The van der Waals surface area contributed by atoms with E-state index in [1.54, 1.807) is 17.4 Å². The molecule has 1 aliphatic heterocycles. The number of thiazole rings is 1. The monoisotopic (exact) mass is 373 g/mol. The van der Waals surface area contributed by atoms with Crippen LogP contribution in [0.15, 0.2) is 24.4 Å². The zero-order valence-corrected chi connectivity index (χ0v) is 15.7. The highest BCUT2D eigenvalue weighted by Crippen LogP contribution is 2.43. The number of esters is 1. The van der Waals surface area contributed by atoms with E-state index < -0.39 is 5.97 Å². The van der Waals surface area contributed by atoms with E-state index in [1.807, 2.05) is 18.3 Å². The molecule has 1 aromatic heterocycles. The Labute approximate surface area is 157 Å². The second kappa shape index (κ2) is 7.76. The molecule has 26 heavy (non-hydrogen) atoms. The molecule has 0 N–H and O–H groups in total. The highest BCUT2D eigenvalue weighted by Gasteiger charge is 2.25. The van der Waals surface area contributed by atoms with Crippen LogP contribution in [0.2, 0.25) is 0 Å². The Morgan fingerprint density at radius 1 is 1.31 bits per heavy atom. The summed E-state index contributed by atoms with van der Waals surface area (Å²) in [5.41, 5.74) is 1.28. The van der Waals surface area contributed by atoms with Crippen LogP contribution in [-0.4, -0.2) is 37.4 Å². The van der Waals surface area contributed by atoms with Gasteiger partial charge in [0.25, 0.3) is 0 Å². The van der Waals surface area contributed by atoms with Crippen molar-refractivity contribution in [3.63, 3.8) is 0 Å². The van der Waals surface area contributed by atoms with Crippen LogP contribution in [-0.2, 0) is 9.47 Å². The molecule has 4 rings (SSSR count). The highest BCUT2D eigenvalue weighted by molar-refractivity contribution is 7.15. The summed E-state index contributed by atoms with van der Waals surface area (Å²) in [5.74, 6) is 0.788. The summed E-state index contributed by atoms with van der Waals surface area (Å²) in [5, 5.41) is 0.889. The van der Waals surface area contributed by atoms with Crippen molar-refractivity contribution < 1.29 is 19.0 Å². The number of carbonyl (C=O) groups excluding carboxylic acids is 1. The Morgan fingerprint density at radius 3 is 2.88 bits per heavy atom. The van der Waals surface area contributed by atoms with Crippen molar-refractivity contribution in [2.45, 2.75) is 44.1 Å². The molecule has 1 saturated carbocycles. The molecule has 2 aromatic rings. The molecular formula is C20H23NO4S. The fourth-order valence-corrected chi connectivity index (χ4v) is 4.48. The number of rotatable bonds is 6. The van der Waals surface area contributed by atoms with E-state index in [0.29, 0.717) is 23.8 Å². The van der Waals surface area contributed by atoms with Crippen molar-refractivity contribution in [3.05, 3.63) is 34.8 Å². The van der Waals surface area contributed by atoms with Gasteiger partial charge in [0.15, 0.2) is 0 Å². The summed E-state index contributed by atoms with van der Waals surface area (Å²) in [6, 6.07) is 5.55. The number of benzene rings is 1. The van der Waals surface area contributed by atoms with Crippen LogP contribution in [0, 0.1) is 0 Å². The fraction of sp³-hybridized carbons (Fsp3) is 0.500. The van der Waals surface area contributed by atoms with Crippen LogP contribution in [0.1, 0.15) is 53.3 Å². The largest absolute Gasteiger partial charge is 0.489 e. The Bertz CT molecular complexity index is 778. The lowest BCUT2D eigenvalue weighted by molar-refractivity contribution is 0.0569. The third kappa shape index (κ3) is 3.48. The third-order valence-corrected chi connectivity index (χ3v) is 6.31. The van der Waals surface area contributed by atoms with Gasteiger partial charge in [0.05, 0.1) is 18.8 Å². The smallest absolute Gasteiger partial charge is 0.341 e. The maximum absolute atomic E-state index is 12.2. The number of aromatic nitrogens is 1. The molecule has 2 aliphatic rings. The number of methoxy groups -OCH3 is 1. The van der Waals surface area contributed by atoms with Gasteiger partial charge in [0.1, 0.15) is 22.9 Å². The Kier molecular flexibility index (Phi) is 5.22. The average molecular weight is 373 g/mol. The average Bonchev–Trinajstić information content (AvgIpc) is 3.29. The first-order chi connectivity index (χ1) is 12.8. The molecule has 0 spiro atoms. The number of para-hydroxylation sites is 1. The van der Waals surface area contributed by atoms with Crippen molar-refractivity contribution in [1.82, 2.24) is 4.98 Å². The van der Waals surface area contributed by atoms with Gasteiger partial charge in [-0.1, -0.05) is 12.5 Å². The maximum atomic E-state index is 12.2. The number of hydrogen-bond acceptors (Lipinski definition) is 6. The van der Waals surface area contributed by atoms with Crippen molar-refractivity contribution in [2.24, 2.45) is 0 Å². The van der Waals surface area contributed by atoms with E-state index in [9.17, 15) is 4.79 Å². The Balaban J connectivity index is 1.65. The summed E-state index contributed by atoms with van der Waals surface area (Å²) in [6.07, 6.45) is 7.87. The summed E-state index contributed by atoms with van der Waals surface area (Å²) in [7, 11) is 1.39. The molecule has 6 heteroatoms. The first-order valence-corrected chi connectivity index (χ1v) is 9.99. The lowest BCUT2D eigenvalue weighted by Gasteiger charge is -2.23. The van der Waals surface area contributed by atoms with Crippen molar-refractivity contribution in [2.75, 3.05) is 20.3 Å². The Hall–Kier alpha value is -1.92. The van der Waals surface area contributed by atoms with Gasteiger partial charge >= 0.3 is 5.97 Å². The molecule has 5 nitrogen and oxygen atoms in total. The van der Waals surface area contributed by atoms with Crippen LogP contribution in [0.5, 0.6) is 5.75 Å². The quantitative estimate of drug-likeness (QED) is 0.702. The molecule has 0 bridgehead atoms. The molecule has 1 atom stereocenters. The van der Waals surface area contributed by atoms with Gasteiger partial charge < -0.3 is 14.2 Å². The van der Waals surface area contributed by atoms with Crippen LogP contribution >= 0.6 is 11.3 Å². The van der Waals surface area contributed by atoms with Crippen LogP contribution < -0.4 is 4.74 Å². The van der Waals surface area contributed by atoms with E-state index in [-0.39, 0.29) is 6.10 Å². The topological polar surface area (TPSA) is 57.7 Å². The first-order valence-electron chi connectivity index (χ1n) is 9.18. The molecule has 1 aromatic carbocycles. The van der Waals surface area contributed by atoms with E-state index in [2.05, 4.69) is 4.98 Å². The zero-order chi connectivity index (χ0) is 17.9. The van der Waals surface area contributed by atoms with Gasteiger partial charge in [-0.25, -0.2) is 9.78 Å². The molecule has 0 amide bonds. The van der Waals surface area contributed by atoms with Crippen LogP contribution in [0.3, 0.4) is 0 Å². The number of carbonyl (C=O) groups is 1. The minimum atomic E-state index is -0.398. The predicted molar refractivity (Wildman–Crippen MR) is 100.0 cm³/mol. The van der Waals surface area contributed by atoms with Gasteiger partial charge in [0.2, 0.25) is 0 Å². The minimum Gasteiger partial charge on any atom is -0.489 e. The van der Waals surface area contributed by atoms with Crippen LogP contribution in [0.4, 0.5) is 0 Å². The second-order valence-electron chi connectivity index (χ2n) is 6.82. The fourth-order valence-electron chi connectivity index (χ4n) is 3.38. The summed E-state index contributed by atoms with van der Waals surface area (Å²) in [6.45, 7) is 1.21. The van der Waals surface area contributed by atoms with E-state index in [1.165, 1.54) is 31.2 Å². The molecule has 1 aliphatic carbocycles. The Morgan fingerprint density at radius 2 is 2.19 bits per heavy atom. The van der Waals surface area contributed by atoms with Crippen molar-refractivity contribution in [1.29, 1.82) is 0 Å². The molecule has 2 heterocycles. The van der Waals surface area contributed by atoms with Crippen molar-refractivity contribution in [3.8, 4) is 16.3 Å².